The lowest BCUT2D eigenvalue weighted by Gasteiger charge is -2.15. The molecule has 146 valence electrons. The minimum Gasteiger partial charge on any atom is -0.439 e. The summed E-state index contributed by atoms with van der Waals surface area (Å²) < 4.78 is 7.99. The van der Waals surface area contributed by atoms with Gasteiger partial charge in [-0.05, 0) is 43.5 Å². The lowest BCUT2D eigenvalue weighted by atomic mass is 10.0. The number of aliphatic hydroxyl groups excluding tert-OH is 1. The van der Waals surface area contributed by atoms with Crippen LogP contribution >= 0.6 is 11.6 Å². The summed E-state index contributed by atoms with van der Waals surface area (Å²) >= 11 is 6.19. The number of pyridine rings is 1. The van der Waals surface area contributed by atoms with Crippen molar-refractivity contribution in [2.75, 3.05) is 6.54 Å². The monoisotopic (exact) mass is 398 g/mol. The van der Waals surface area contributed by atoms with Gasteiger partial charge in [0.2, 0.25) is 5.88 Å². The standard InChI is InChI=1S/C21H23ClN4O2/c1-12-3-6-14(18-8-15(19(27)10-23)16(22)11-24-18)20(7-12)28-21-9-17(13-4-5-13)25-26(21)2/h3,6-9,11,13,19,27H,4-5,10,23H2,1-2H3. The van der Waals surface area contributed by atoms with Crippen molar-refractivity contribution >= 4 is 11.6 Å². The van der Waals surface area contributed by atoms with Crippen molar-refractivity contribution in [1.29, 1.82) is 0 Å². The van der Waals surface area contributed by atoms with Gasteiger partial charge in [-0.25, -0.2) is 4.68 Å². The fraction of sp³-hybridized carbons (Fsp3) is 0.333. The molecule has 0 saturated heterocycles. The smallest absolute Gasteiger partial charge is 0.217 e. The maximum absolute atomic E-state index is 10.1. The molecule has 1 unspecified atom stereocenters. The molecule has 1 saturated carbocycles. The van der Waals surface area contributed by atoms with Crippen molar-refractivity contribution in [3.8, 4) is 22.9 Å². The van der Waals surface area contributed by atoms with Gasteiger partial charge in [0.05, 0.1) is 22.5 Å². The lowest BCUT2D eigenvalue weighted by molar-refractivity contribution is 0.187. The first-order chi connectivity index (χ1) is 13.5. The van der Waals surface area contributed by atoms with Crippen LogP contribution in [0, 0.1) is 6.92 Å². The van der Waals surface area contributed by atoms with Crippen LogP contribution in [-0.4, -0.2) is 26.4 Å². The summed E-state index contributed by atoms with van der Waals surface area (Å²) in [6, 6.07) is 9.68. The zero-order valence-electron chi connectivity index (χ0n) is 15.9. The number of hydrogen-bond acceptors (Lipinski definition) is 5. The number of rotatable bonds is 6. The van der Waals surface area contributed by atoms with Crippen LogP contribution in [0.2, 0.25) is 5.02 Å². The number of hydrogen-bond donors (Lipinski definition) is 2. The topological polar surface area (TPSA) is 86.2 Å². The van der Waals surface area contributed by atoms with Gasteiger partial charge in [-0.1, -0.05) is 17.7 Å². The second-order valence-corrected chi connectivity index (χ2v) is 7.66. The second-order valence-electron chi connectivity index (χ2n) is 7.25. The number of aromatic nitrogens is 3. The molecule has 0 amide bonds. The van der Waals surface area contributed by atoms with Crippen molar-refractivity contribution in [2.24, 2.45) is 12.8 Å². The normalized spacial score (nSPS) is 14.9. The highest BCUT2D eigenvalue weighted by Gasteiger charge is 2.27. The molecule has 2 aromatic heterocycles. The van der Waals surface area contributed by atoms with Gasteiger partial charge in [0, 0.05) is 42.9 Å². The first-order valence-corrected chi connectivity index (χ1v) is 9.70. The lowest BCUT2D eigenvalue weighted by Crippen LogP contribution is -2.12. The summed E-state index contributed by atoms with van der Waals surface area (Å²) in [5.41, 5.74) is 9.76. The number of nitrogens with zero attached hydrogens (tertiary/aromatic N) is 3. The average molecular weight is 399 g/mol. The van der Waals surface area contributed by atoms with Gasteiger partial charge in [0.15, 0.2) is 0 Å². The molecule has 0 spiro atoms. The predicted molar refractivity (Wildman–Crippen MR) is 109 cm³/mol. The highest BCUT2D eigenvalue weighted by Crippen LogP contribution is 2.41. The summed E-state index contributed by atoms with van der Waals surface area (Å²) in [5, 5.41) is 15.1. The van der Waals surface area contributed by atoms with E-state index in [1.165, 1.54) is 19.0 Å². The maximum atomic E-state index is 10.1. The van der Waals surface area contributed by atoms with E-state index < -0.39 is 6.10 Å². The molecule has 1 atom stereocenters. The van der Waals surface area contributed by atoms with Crippen LogP contribution in [0.15, 0.2) is 36.5 Å². The van der Waals surface area contributed by atoms with E-state index in [1.54, 1.807) is 10.7 Å². The quantitative estimate of drug-likeness (QED) is 0.652. The third kappa shape index (κ3) is 3.76. The average Bonchev–Trinajstić information content (AvgIpc) is 3.46. The van der Waals surface area contributed by atoms with Gasteiger partial charge < -0.3 is 15.6 Å². The van der Waals surface area contributed by atoms with Gasteiger partial charge in [-0.15, -0.1) is 0 Å². The Morgan fingerprint density at radius 2 is 2.11 bits per heavy atom. The molecule has 7 heteroatoms. The molecule has 3 N–H and O–H groups in total. The van der Waals surface area contributed by atoms with Crippen LogP contribution in [-0.2, 0) is 7.05 Å². The van der Waals surface area contributed by atoms with Crippen molar-refractivity contribution < 1.29 is 9.84 Å². The number of nitrogens with two attached hydrogens (primary N) is 1. The first-order valence-electron chi connectivity index (χ1n) is 9.32. The molecule has 6 nitrogen and oxygen atoms in total. The van der Waals surface area contributed by atoms with Crippen LogP contribution in [0.4, 0.5) is 0 Å². The van der Waals surface area contributed by atoms with E-state index in [1.807, 2.05) is 38.2 Å². The summed E-state index contributed by atoms with van der Waals surface area (Å²) in [6.07, 6.45) is 3.06. The summed E-state index contributed by atoms with van der Waals surface area (Å²) in [5.74, 6) is 1.91. The number of ether oxygens (including phenoxy) is 1. The van der Waals surface area contributed by atoms with Crippen LogP contribution in [0.3, 0.4) is 0 Å². The molecule has 0 radical (unpaired) electrons. The Morgan fingerprint density at radius 3 is 2.82 bits per heavy atom. The molecule has 1 aliphatic rings. The van der Waals surface area contributed by atoms with Crippen LogP contribution in [0.25, 0.3) is 11.3 Å². The number of aryl methyl sites for hydroxylation is 2. The SMILES string of the molecule is Cc1ccc(-c2cc(C(O)CN)c(Cl)cn2)c(Oc2cc(C3CC3)nn2C)c1. The molecular weight excluding hydrogens is 376 g/mol. The van der Waals surface area contributed by atoms with E-state index in [4.69, 9.17) is 22.1 Å². The highest BCUT2D eigenvalue weighted by molar-refractivity contribution is 6.31. The molecular formula is C21H23ClN4O2. The van der Waals surface area contributed by atoms with Crippen LogP contribution < -0.4 is 10.5 Å². The molecule has 1 aliphatic carbocycles. The largest absolute Gasteiger partial charge is 0.439 e. The molecule has 28 heavy (non-hydrogen) atoms. The predicted octanol–water partition coefficient (Wildman–Crippen LogP) is 4.11. The fourth-order valence-corrected chi connectivity index (χ4v) is 3.40. The van der Waals surface area contributed by atoms with E-state index in [9.17, 15) is 5.11 Å². The molecule has 4 rings (SSSR count). The minimum absolute atomic E-state index is 0.0827. The Labute approximate surface area is 168 Å². The Balaban J connectivity index is 1.73. The molecule has 2 heterocycles. The fourth-order valence-electron chi connectivity index (χ4n) is 3.17. The maximum Gasteiger partial charge on any atom is 0.217 e. The van der Waals surface area contributed by atoms with Crippen LogP contribution in [0.1, 0.15) is 41.7 Å². The Morgan fingerprint density at radius 1 is 1.32 bits per heavy atom. The molecule has 1 aromatic carbocycles. The summed E-state index contributed by atoms with van der Waals surface area (Å²) in [4.78, 5) is 4.44. The summed E-state index contributed by atoms with van der Waals surface area (Å²) in [6.45, 7) is 2.09. The molecule has 0 aliphatic heterocycles. The number of aliphatic hydroxyl groups is 1. The van der Waals surface area contributed by atoms with Crippen LogP contribution in [0.5, 0.6) is 11.6 Å². The van der Waals surface area contributed by atoms with Gasteiger partial charge in [-0.2, -0.15) is 5.10 Å². The summed E-state index contributed by atoms with van der Waals surface area (Å²) in [7, 11) is 1.88. The second kappa shape index (κ2) is 7.54. The van der Waals surface area contributed by atoms with Crippen molar-refractivity contribution in [2.45, 2.75) is 31.8 Å². The Hall–Kier alpha value is -2.41. The molecule has 3 aromatic rings. The van der Waals surface area contributed by atoms with Crippen molar-refractivity contribution in [3.05, 3.63) is 58.4 Å². The van der Waals surface area contributed by atoms with Gasteiger partial charge in [0.1, 0.15) is 5.75 Å². The number of halogens is 1. The van der Waals surface area contributed by atoms with Gasteiger partial charge >= 0.3 is 0 Å². The van der Waals surface area contributed by atoms with E-state index in [-0.39, 0.29) is 6.54 Å². The Bertz CT molecular complexity index is 1010. The van der Waals surface area contributed by atoms with E-state index in [0.717, 1.165) is 16.8 Å². The Kier molecular flexibility index (Phi) is 5.10. The zero-order valence-corrected chi connectivity index (χ0v) is 16.6. The van der Waals surface area contributed by atoms with Gasteiger partial charge in [-0.3, -0.25) is 4.98 Å². The van der Waals surface area contributed by atoms with E-state index >= 15 is 0 Å². The molecule has 0 bridgehead atoms. The van der Waals surface area contributed by atoms with Crippen molar-refractivity contribution in [1.82, 2.24) is 14.8 Å². The third-order valence-corrected chi connectivity index (χ3v) is 5.26. The minimum atomic E-state index is -0.845. The van der Waals surface area contributed by atoms with Gasteiger partial charge in [0.25, 0.3) is 0 Å². The number of benzene rings is 1. The highest BCUT2D eigenvalue weighted by atomic mass is 35.5. The van der Waals surface area contributed by atoms with Crippen molar-refractivity contribution in [3.63, 3.8) is 0 Å². The first kappa shape index (κ1) is 18.9. The third-order valence-electron chi connectivity index (χ3n) is 4.95. The van der Waals surface area contributed by atoms with E-state index in [2.05, 4.69) is 10.1 Å². The van der Waals surface area contributed by atoms with E-state index in [0.29, 0.717) is 33.8 Å². The zero-order chi connectivity index (χ0) is 19.8. The molecule has 1 fully saturated rings.